The van der Waals surface area contributed by atoms with Crippen molar-refractivity contribution in [3.63, 3.8) is 0 Å². The monoisotopic (exact) mass is 463 g/mol. The summed E-state index contributed by atoms with van der Waals surface area (Å²) in [5, 5.41) is 11.8. The minimum absolute atomic E-state index is 0.138. The third kappa shape index (κ3) is 5.26. The molecule has 1 aliphatic carbocycles. The molecule has 0 radical (unpaired) electrons. The summed E-state index contributed by atoms with van der Waals surface area (Å²) in [4.78, 5) is 24.6. The first-order chi connectivity index (χ1) is 15.5. The number of halogens is 4. The van der Waals surface area contributed by atoms with Crippen LogP contribution in [0.15, 0.2) is 49.0 Å². The lowest BCUT2D eigenvalue weighted by Crippen LogP contribution is -2.39. The number of rotatable bonds is 8. The van der Waals surface area contributed by atoms with Gasteiger partial charge in [-0.15, -0.1) is 0 Å². The Morgan fingerprint density at radius 1 is 1.18 bits per heavy atom. The summed E-state index contributed by atoms with van der Waals surface area (Å²) in [5.74, 6) is -6.39. The molecule has 2 N–H and O–H groups in total. The number of carboxylic acids is 1. The number of anilines is 1. The third-order valence-corrected chi connectivity index (χ3v) is 6.43. The van der Waals surface area contributed by atoms with Crippen LogP contribution in [0.1, 0.15) is 48.8 Å². The van der Waals surface area contributed by atoms with Crippen molar-refractivity contribution < 1.29 is 32.3 Å². The minimum Gasteiger partial charge on any atom is -0.481 e. The zero-order valence-corrected chi connectivity index (χ0v) is 18.1. The van der Waals surface area contributed by atoms with Crippen LogP contribution in [0.2, 0.25) is 0 Å². The van der Waals surface area contributed by atoms with Crippen LogP contribution in [0.25, 0.3) is 6.08 Å². The maximum Gasteiger partial charge on any atom is 0.392 e. The molecule has 0 heterocycles. The molecule has 0 aliphatic heterocycles. The first-order valence-electron chi connectivity index (χ1n) is 10.6. The number of benzene rings is 2. The fourth-order valence-electron chi connectivity index (χ4n) is 4.14. The molecule has 0 spiro atoms. The van der Waals surface area contributed by atoms with Gasteiger partial charge in [0.15, 0.2) is 0 Å². The molecular weight excluding hydrogens is 438 g/mol. The molecule has 0 saturated heterocycles. The zero-order valence-electron chi connectivity index (χ0n) is 18.1. The number of aliphatic carboxylic acids is 1. The molecule has 2 aromatic carbocycles. The summed E-state index contributed by atoms with van der Waals surface area (Å²) < 4.78 is 55.1. The Hall–Kier alpha value is -3.16. The summed E-state index contributed by atoms with van der Waals surface area (Å²) in [6.45, 7) is 4.51. The van der Waals surface area contributed by atoms with Crippen LogP contribution < -0.4 is 5.32 Å². The van der Waals surface area contributed by atoms with Gasteiger partial charge in [0.05, 0.1) is 22.9 Å². The number of nitrogens with one attached hydrogen (secondary N) is 1. The topological polar surface area (TPSA) is 66.4 Å². The third-order valence-electron chi connectivity index (χ3n) is 6.43. The van der Waals surface area contributed by atoms with E-state index in [2.05, 4.69) is 11.9 Å². The Balaban J connectivity index is 1.89. The van der Waals surface area contributed by atoms with Crippen molar-refractivity contribution in [2.75, 3.05) is 5.32 Å². The van der Waals surface area contributed by atoms with E-state index in [1.165, 1.54) is 30.3 Å². The maximum absolute atomic E-state index is 14.5. The van der Waals surface area contributed by atoms with Crippen LogP contribution in [-0.4, -0.2) is 23.2 Å². The molecule has 176 valence electrons. The molecule has 4 nitrogen and oxygen atoms in total. The number of carboxylic acid groups (broad SMARTS) is 1. The van der Waals surface area contributed by atoms with Gasteiger partial charge < -0.3 is 10.4 Å². The molecule has 1 saturated carbocycles. The van der Waals surface area contributed by atoms with Crippen molar-refractivity contribution >= 4 is 23.6 Å². The normalized spacial score (nSPS) is 16.9. The molecule has 0 bridgehead atoms. The van der Waals surface area contributed by atoms with Gasteiger partial charge >= 0.3 is 12.1 Å². The number of hydrogen-bond donors (Lipinski definition) is 2. The molecule has 3 rings (SSSR count). The van der Waals surface area contributed by atoms with Gasteiger partial charge in [-0.2, -0.15) is 13.2 Å². The van der Waals surface area contributed by atoms with Crippen LogP contribution in [-0.2, 0) is 16.0 Å². The van der Waals surface area contributed by atoms with Crippen LogP contribution in [0.5, 0.6) is 0 Å². The smallest absolute Gasteiger partial charge is 0.392 e. The number of hydrogen-bond acceptors (Lipinski definition) is 2. The van der Waals surface area contributed by atoms with Crippen LogP contribution in [0.3, 0.4) is 0 Å². The van der Waals surface area contributed by atoms with Crippen LogP contribution >= 0.6 is 0 Å². The van der Waals surface area contributed by atoms with E-state index < -0.39 is 41.1 Å². The van der Waals surface area contributed by atoms with E-state index in [0.717, 1.165) is 19.4 Å². The van der Waals surface area contributed by atoms with Gasteiger partial charge in [0.25, 0.3) is 0 Å². The van der Waals surface area contributed by atoms with E-state index in [9.17, 15) is 32.3 Å². The molecule has 2 aromatic rings. The number of carbonyl (C=O) groups excluding carboxylic acids is 1. The Kier molecular flexibility index (Phi) is 6.95. The first-order valence-corrected chi connectivity index (χ1v) is 10.6. The minimum atomic E-state index is -4.66. The average molecular weight is 463 g/mol. The molecule has 33 heavy (non-hydrogen) atoms. The van der Waals surface area contributed by atoms with Crippen molar-refractivity contribution in [1.29, 1.82) is 0 Å². The Morgan fingerprint density at radius 2 is 1.82 bits per heavy atom. The summed E-state index contributed by atoms with van der Waals surface area (Å²) in [6, 6.07) is 9.76. The van der Waals surface area contributed by atoms with Crippen molar-refractivity contribution in [2.24, 2.45) is 11.3 Å². The molecule has 1 aliphatic rings. The van der Waals surface area contributed by atoms with Crippen molar-refractivity contribution in [2.45, 2.75) is 44.7 Å². The second-order valence-corrected chi connectivity index (χ2v) is 8.60. The van der Waals surface area contributed by atoms with Gasteiger partial charge in [-0.25, -0.2) is 4.39 Å². The molecule has 8 heteroatoms. The Bertz CT molecular complexity index is 1040. The summed E-state index contributed by atoms with van der Waals surface area (Å²) >= 11 is 0. The molecular formula is C25H25F4NO3. The lowest BCUT2D eigenvalue weighted by molar-refractivity contribution is -0.178. The predicted molar refractivity (Wildman–Crippen MR) is 117 cm³/mol. The average Bonchev–Trinajstić information content (AvgIpc) is 2.72. The molecule has 0 unspecified atom stereocenters. The lowest BCUT2D eigenvalue weighted by Gasteiger charge is -2.37. The summed E-state index contributed by atoms with van der Waals surface area (Å²) in [7, 11) is 0. The van der Waals surface area contributed by atoms with Gasteiger partial charge in [0.1, 0.15) is 5.82 Å². The largest absolute Gasteiger partial charge is 0.481 e. The van der Waals surface area contributed by atoms with E-state index in [4.69, 9.17) is 0 Å². The summed E-state index contributed by atoms with van der Waals surface area (Å²) in [5.41, 5.74) is 0.0988. The van der Waals surface area contributed by atoms with Crippen LogP contribution in [0.4, 0.5) is 23.2 Å². The van der Waals surface area contributed by atoms with Crippen molar-refractivity contribution in [3.8, 4) is 0 Å². The van der Waals surface area contributed by atoms with E-state index in [-0.39, 0.29) is 17.7 Å². The fraction of sp³-hybridized carbons (Fsp3) is 0.360. The Labute approximate surface area is 189 Å². The van der Waals surface area contributed by atoms with E-state index in [1.54, 1.807) is 12.1 Å². The molecule has 0 aromatic heterocycles. The quantitative estimate of drug-likeness (QED) is 0.459. The van der Waals surface area contributed by atoms with E-state index >= 15 is 0 Å². The highest BCUT2D eigenvalue weighted by atomic mass is 19.4. The van der Waals surface area contributed by atoms with E-state index in [0.29, 0.717) is 24.0 Å². The summed E-state index contributed by atoms with van der Waals surface area (Å²) in [6.07, 6.45) is -1.22. The second kappa shape index (κ2) is 9.37. The predicted octanol–water partition coefficient (Wildman–Crippen LogP) is 6.19. The molecule has 2 atom stereocenters. The van der Waals surface area contributed by atoms with Crippen molar-refractivity contribution in [3.05, 3.63) is 71.6 Å². The van der Waals surface area contributed by atoms with Gasteiger partial charge in [0, 0.05) is 0 Å². The highest BCUT2D eigenvalue weighted by Gasteiger charge is 2.46. The fourth-order valence-corrected chi connectivity index (χ4v) is 4.14. The Morgan fingerprint density at radius 3 is 2.30 bits per heavy atom. The van der Waals surface area contributed by atoms with Gasteiger partial charge in [-0.1, -0.05) is 56.3 Å². The molecule has 1 fully saturated rings. The lowest BCUT2D eigenvalue weighted by atomic mass is 9.65. The first kappa shape index (κ1) is 24.5. The second-order valence-electron chi connectivity index (χ2n) is 8.60. The maximum atomic E-state index is 14.5. The molecule has 1 amide bonds. The number of amides is 1. The zero-order chi connectivity index (χ0) is 24.4. The highest BCUT2D eigenvalue weighted by Crippen LogP contribution is 2.44. The number of carbonyl (C=O) groups is 2. The highest BCUT2D eigenvalue weighted by molar-refractivity contribution is 5.96. The van der Waals surface area contributed by atoms with E-state index in [1.807, 2.05) is 0 Å². The van der Waals surface area contributed by atoms with Crippen LogP contribution in [0, 0.1) is 17.2 Å². The number of alkyl halides is 3. The van der Waals surface area contributed by atoms with Gasteiger partial charge in [-0.3, -0.25) is 9.59 Å². The van der Waals surface area contributed by atoms with Crippen molar-refractivity contribution in [1.82, 2.24) is 0 Å². The standard InChI is InChI=1S/C25H25F4NO3/c1-3-16-5-8-18(9-6-16)21(15(2)25(27,28)29)22(31)30-20-13-17(7-10-19(20)26)14-24(23(32)33)11-4-12-24/h3,5-10,13,15,21H,1,4,11-12,14H2,2H3,(H,30,31)(H,32,33)/t15-,21+/m1/s1. The van der Waals surface area contributed by atoms with Gasteiger partial charge in [0.2, 0.25) is 5.91 Å². The SMILES string of the molecule is C=Cc1ccc([C@@H](C(=O)Nc2cc(CC3(C(=O)O)CCC3)ccc2F)[C@@H](C)C(F)(F)F)cc1. The van der Waals surface area contributed by atoms with Gasteiger partial charge in [-0.05, 0) is 48.1 Å².